The molecule has 7 nitrogen and oxygen atoms in total. The summed E-state index contributed by atoms with van der Waals surface area (Å²) in [5, 5.41) is 14.0. The average molecular weight is 264 g/mol. The van der Waals surface area contributed by atoms with E-state index in [1.165, 1.54) is 18.2 Å². The molecule has 0 saturated carbocycles. The van der Waals surface area contributed by atoms with Crippen molar-refractivity contribution < 1.29 is 9.72 Å². The number of benzene rings is 1. The van der Waals surface area contributed by atoms with Gasteiger partial charge in [-0.2, -0.15) is 0 Å². The smallest absolute Gasteiger partial charge is 0.292 e. The maximum atomic E-state index is 12.3. The zero-order valence-corrected chi connectivity index (χ0v) is 10.6. The van der Waals surface area contributed by atoms with Crippen LogP contribution in [0.5, 0.6) is 0 Å². The van der Waals surface area contributed by atoms with E-state index in [2.05, 4.69) is 5.32 Å². The molecular weight excluding hydrogens is 248 g/mol. The lowest BCUT2D eigenvalue weighted by Gasteiger charge is -2.34. The quantitative estimate of drug-likeness (QED) is 0.463. The number of hydrogen-bond acceptors (Lipinski definition) is 5. The summed E-state index contributed by atoms with van der Waals surface area (Å²) in [7, 11) is 0. The Balaban J connectivity index is 2.28. The summed E-state index contributed by atoms with van der Waals surface area (Å²) in [6.45, 7) is 3.99. The molecule has 0 aromatic heterocycles. The Morgan fingerprint density at radius 1 is 1.58 bits per heavy atom. The highest BCUT2D eigenvalue weighted by molar-refractivity contribution is 5.96. The number of carbonyl (C=O) groups is 1. The normalized spacial score (nSPS) is 19.2. The van der Waals surface area contributed by atoms with Crippen LogP contribution in [0.4, 0.5) is 11.4 Å². The van der Waals surface area contributed by atoms with E-state index in [-0.39, 0.29) is 23.3 Å². The van der Waals surface area contributed by atoms with Gasteiger partial charge < -0.3 is 16.0 Å². The third kappa shape index (κ3) is 2.65. The summed E-state index contributed by atoms with van der Waals surface area (Å²) >= 11 is 0. The number of rotatable bonds is 2. The van der Waals surface area contributed by atoms with Gasteiger partial charge in [0.05, 0.1) is 4.92 Å². The fourth-order valence-electron chi connectivity index (χ4n) is 2.14. The van der Waals surface area contributed by atoms with E-state index in [1.54, 1.807) is 4.90 Å². The minimum atomic E-state index is -0.576. The van der Waals surface area contributed by atoms with E-state index in [4.69, 9.17) is 5.73 Å². The number of piperazine rings is 1. The lowest BCUT2D eigenvalue weighted by Crippen LogP contribution is -2.52. The molecule has 0 radical (unpaired) electrons. The van der Waals surface area contributed by atoms with Crippen molar-refractivity contribution in [1.82, 2.24) is 10.2 Å². The van der Waals surface area contributed by atoms with E-state index in [1.807, 2.05) is 6.92 Å². The first-order chi connectivity index (χ1) is 9.00. The second kappa shape index (κ2) is 5.23. The fourth-order valence-corrected chi connectivity index (χ4v) is 2.14. The Labute approximate surface area is 110 Å². The Bertz CT molecular complexity index is 518. The summed E-state index contributed by atoms with van der Waals surface area (Å²) in [6.07, 6.45) is 0. The predicted molar refractivity (Wildman–Crippen MR) is 70.9 cm³/mol. The number of nitrogen functional groups attached to an aromatic ring is 1. The van der Waals surface area contributed by atoms with Crippen LogP contribution in [0, 0.1) is 10.1 Å². The van der Waals surface area contributed by atoms with Gasteiger partial charge in [-0.15, -0.1) is 0 Å². The van der Waals surface area contributed by atoms with Gasteiger partial charge in [-0.1, -0.05) is 0 Å². The minimum Gasteiger partial charge on any atom is -0.393 e. The SMILES string of the molecule is C[C@H]1CNCCN1C(=O)c1ccc(N)c([N+](=O)[O-])c1. The van der Waals surface area contributed by atoms with Crippen molar-refractivity contribution in [2.45, 2.75) is 13.0 Å². The van der Waals surface area contributed by atoms with Crippen LogP contribution in [0.3, 0.4) is 0 Å². The standard InChI is InChI=1S/C12H16N4O3/c1-8-7-14-4-5-15(8)12(17)9-2-3-10(13)11(6-9)16(18)19/h2-3,6,8,14H,4-5,7,13H2,1H3/t8-/m0/s1. The van der Waals surface area contributed by atoms with E-state index in [0.717, 1.165) is 13.1 Å². The van der Waals surface area contributed by atoms with Crippen LogP contribution in [0.1, 0.15) is 17.3 Å². The minimum absolute atomic E-state index is 0.0647. The number of nitrogens with two attached hydrogens (primary N) is 1. The molecule has 1 fully saturated rings. The number of nitro groups is 1. The highest BCUT2D eigenvalue weighted by atomic mass is 16.6. The van der Waals surface area contributed by atoms with E-state index in [0.29, 0.717) is 12.1 Å². The van der Waals surface area contributed by atoms with Crippen LogP contribution in [0.25, 0.3) is 0 Å². The zero-order chi connectivity index (χ0) is 14.0. The maximum Gasteiger partial charge on any atom is 0.292 e. The Morgan fingerprint density at radius 3 is 2.95 bits per heavy atom. The molecule has 0 bridgehead atoms. The molecule has 0 unspecified atom stereocenters. The van der Waals surface area contributed by atoms with Crippen molar-refractivity contribution in [2.75, 3.05) is 25.4 Å². The number of nitrogens with zero attached hydrogens (tertiary/aromatic N) is 2. The molecule has 1 aromatic rings. The van der Waals surface area contributed by atoms with Crippen LogP contribution in [0.2, 0.25) is 0 Å². The molecule has 0 spiro atoms. The monoisotopic (exact) mass is 264 g/mol. The third-order valence-electron chi connectivity index (χ3n) is 3.24. The van der Waals surface area contributed by atoms with Gasteiger partial charge in [0, 0.05) is 37.3 Å². The molecule has 0 aliphatic carbocycles. The van der Waals surface area contributed by atoms with E-state index >= 15 is 0 Å². The summed E-state index contributed by atoms with van der Waals surface area (Å²) in [6, 6.07) is 4.24. The molecule has 1 aliphatic rings. The van der Waals surface area contributed by atoms with Crippen molar-refractivity contribution in [1.29, 1.82) is 0 Å². The number of anilines is 1. The maximum absolute atomic E-state index is 12.3. The lowest BCUT2D eigenvalue weighted by atomic mass is 10.1. The molecule has 1 heterocycles. The molecule has 3 N–H and O–H groups in total. The van der Waals surface area contributed by atoms with Crippen LogP contribution in [0.15, 0.2) is 18.2 Å². The lowest BCUT2D eigenvalue weighted by molar-refractivity contribution is -0.383. The van der Waals surface area contributed by atoms with E-state index in [9.17, 15) is 14.9 Å². The first-order valence-corrected chi connectivity index (χ1v) is 6.06. The van der Waals surface area contributed by atoms with Gasteiger partial charge in [-0.05, 0) is 19.1 Å². The topological polar surface area (TPSA) is 102 Å². The molecule has 19 heavy (non-hydrogen) atoms. The summed E-state index contributed by atoms with van der Waals surface area (Å²) < 4.78 is 0. The number of amides is 1. The molecule has 1 amide bonds. The Kier molecular flexibility index (Phi) is 3.66. The molecular formula is C12H16N4O3. The zero-order valence-electron chi connectivity index (χ0n) is 10.6. The van der Waals surface area contributed by atoms with Gasteiger partial charge in [-0.25, -0.2) is 0 Å². The molecule has 1 atom stereocenters. The van der Waals surface area contributed by atoms with E-state index < -0.39 is 4.92 Å². The first kappa shape index (κ1) is 13.3. The van der Waals surface area contributed by atoms with Gasteiger partial charge in [0.1, 0.15) is 5.69 Å². The van der Waals surface area contributed by atoms with Crippen LogP contribution >= 0.6 is 0 Å². The van der Waals surface area contributed by atoms with Crippen LogP contribution in [-0.2, 0) is 0 Å². The Hall–Kier alpha value is -2.15. The summed E-state index contributed by atoms with van der Waals surface area (Å²) in [5.41, 5.74) is 5.66. The largest absolute Gasteiger partial charge is 0.393 e. The molecule has 1 aliphatic heterocycles. The van der Waals surface area contributed by atoms with Gasteiger partial charge in [-0.3, -0.25) is 14.9 Å². The van der Waals surface area contributed by atoms with Crippen molar-refractivity contribution in [3.05, 3.63) is 33.9 Å². The fraction of sp³-hybridized carbons (Fsp3) is 0.417. The Morgan fingerprint density at radius 2 is 2.32 bits per heavy atom. The second-order valence-electron chi connectivity index (χ2n) is 4.58. The van der Waals surface area contributed by atoms with Crippen LogP contribution in [-0.4, -0.2) is 41.4 Å². The average Bonchev–Trinajstić information content (AvgIpc) is 2.38. The van der Waals surface area contributed by atoms with Gasteiger partial charge in [0.2, 0.25) is 0 Å². The van der Waals surface area contributed by atoms with Gasteiger partial charge in [0.15, 0.2) is 0 Å². The van der Waals surface area contributed by atoms with Gasteiger partial charge >= 0.3 is 0 Å². The van der Waals surface area contributed by atoms with Crippen molar-refractivity contribution in [3.8, 4) is 0 Å². The summed E-state index contributed by atoms with van der Waals surface area (Å²) in [4.78, 5) is 24.3. The third-order valence-corrected chi connectivity index (χ3v) is 3.24. The second-order valence-corrected chi connectivity index (χ2v) is 4.58. The van der Waals surface area contributed by atoms with Crippen molar-refractivity contribution >= 4 is 17.3 Å². The number of hydrogen-bond donors (Lipinski definition) is 2. The number of nitro benzene ring substituents is 1. The number of carbonyl (C=O) groups excluding carboxylic acids is 1. The molecule has 7 heteroatoms. The molecule has 1 aromatic carbocycles. The van der Waals surface area contributed by atoms with Gasteiger partial charge in [0.25, 0.3) is 11.6 Å². The van der Waals surface area contributed by atoms with Crippen molar-refractivity contribution in [3.63, 3.8) is 0 Å². The molecule has 102 valence electrons. The highest BCUT2D eigenvalue weighted by Crippen LogP contribution is 2.23. The molecule has 2 rings (SSSR count). The van der Waals surface area contributed by atoms with Crippen LogP contribution < -0.4 is 11.1 Å². The van der Waals surface area contributed by atoms with Crippen molar-refractivity contribution in [2.24, 2.45) is 0 Å². The molecule has 1 saturated heterocycles. The predicted octanol–water partition coefficient (Wildman–Crippen LogP) is 0.611. The highest BCUT2D eigenvalue weighted by Gasteiger charge is 2.25. The first-order valence-electron chi connectivity index (χ1n) is 6.06. The summed E-state index contributed by atoms with van der Waals surface area (Å²) in [5.74, 6) is -0.197. The number of nitrogens with one attached hydrogen (secondary N) is 1.